The van der Waals surface area contributed by atoms with E-state index < -0.39 is 17.3 Å². The lowest BCUT2D eigenvalue weighted by Crippen LogP contribution is -2.38. The molecule has 0 aliphatic rings. The van der Waals surface area contributed by atoms with Gasteiger partial charge in [-0.3, -0.25) is 23.9 Å². The molecule has 0 saturated carbocycles. The predicted molar refractivity (Wildman–Crippen MR) is 129 cm³/mol. The molecular weight excluding hydrogens is 459 g/mol. The Morgan fingerprint density at radius 2 is 1.76 bits per heavy atom. The number of para-hydroxylation sites is 2. The number of halogens is 2. The lowest BCUT2D eigenvalue weighted by molar-refractivity contribution is -0.117. The molecule has 9 heteroatoms. The Kier molecular flexibility index (Phi) is 6.70. The van der Waals surface area contributed by atoms with Crippen molar-refractivity contribution in [1.82, 2.24) is 9.55 Å². The van der Waals surface area contributed by atoms with Crippen LogP contribution in [0.15, 0.2) is 77.6 Å². The van der Waals surface area contributed by atoms with Crippen molar-refractivity contribution in [3.8, 4) is 0 Å². The summed E-state index contributed by atoms with van der Waals surface area (Å²) in [5.74, 6) is -1.57. The maximum Gasteiger partial charge on any atom is 0.294 e. The molecule has 1 heterocycles. The fourth-order valence-electron chi connectivity index (χ4n) is 3.53. The van der Waals surface area contributed by atoms with Crippen LogP contribution in [0, 0.1) is 5.82 Å². The molecule has 4 rings (SSSR count). The fraction of sp³-hybridized carbons (Fsp3) is 0.120. The van der Waals surface area contributed by atoms with Gasteiger partial charge in [-0.05, 0) is 35.9 Å². The van der Waals surface area contributed by atoms with Crippen LogP contribution >= 0.6 is 11.6 Å². The molecule has 0 spiro atoms. The van der Waals surface area contributed by atoms with Crippen LogP contribution in [-0.2, 0) is 22.7 Å². The summed E-state index contributed by atoms with van der Waals surface area (Å²) in [5.41, 5.74) is 1.42. The van der Waals surface area contributed by atoms with E-state index in [1.54, 1.807) is 24.3 Å². The number of nitrogens with one attached hydrogen (secondary N) is 1. The van der Waals surface area contributed by atoms with E-state index in [-0.39, 0.29) is 35.5 Å². The standard InChI is InChI=1S/C25H20ClFN4O3/c1-16(32)30(14-17-7-3-2-4-8-17)24-25(34)31(22-10-6-5-9-21(22)29-24)15-23(33)28-18-11-12-20(27)19(26)13-18/h2-13H,14-15H2,1H3,(H,28,33). The molecule has 1 N–H and O–H groups in total. The van der Waals surface area contributed by atoms with Crippen molar-refractivity contribution in [2.45, 2.75) is 20.0 Å². The van der Waals surface area contributed by atoms with E-state index in [0.29, 0.717) is 11.0 Å². The highest BCUT2D eigenvalue weighted by molar-refractivity contribution is 6.31. The SMILES string of the molecule is CC(=O)N(Cc1ccccc1)c1nc2ccccc2n(CC(=O)Nc2ccc(F)c(Cl)c2)c1=O. The Morgan fingerprint density at radius 3 is 2.47 bits per heavy atom. The first-order valence-corrected chi connectivity index (χ1v) is 10.8. The number of nitrogens with zero attached hydrogens (tertiary/aromatic N) is 3. The van der Waals surface area contributed by atoms with Crippen molar-refractivity contribution in [3.63, 3.8) is 0 Å². The number of benzene rings is 3. The highest BCUT2D eigenvalue weighted by atomic mass is 35.5. The molecule has 0 unspecified atom stereocenters. The summed E-state index contributed by atoms with van der Waals surface area (Å²) < 4.78 is 14.7. The average molecular weight is 479 g/mol. The molecule has 34 heavy (non-hydrogen) atoms. The fourth-order valence-corrected chi connectivity index (χ4v) is 3.71. The second-order valence-electron chi connectivity index (χ2n) is 7.58. The van der Waals surface area contributed by atoms with E-state index in [1.165, 1.54) is 28.5 Å². The highest BCUT2D eigenvalue weighted by Crippen LogP contribution is 2.20. The molecule has 0 fully saturated rings. The van der Waals surface area contributed by atoms with Crippen molar-refractivity contribution >= 4 is 46.0 Å². The maximum absolute atomic E-state index is 13.5. The minimum Gasteiger partial charge on any atom is -0.324 e. The molecule has 3 aromatic carbocycles. The van der Waals surface area contributed by atoms with Crippen molar-refractivity contribution in [2.24, 2.45) is 0 Å². The molecule has 0 saturated heterocycles. The first-order chi connectivity index (χ1) is 16.3. The topological polar surface area (TPSA) is 84.3 Å². The van der Waals surface area contributed by atoms with Crippen LogP contribution < -0.4 is 15.8 Å². The zero-order valence-electron chi connectivity index (χ0n) is 18.2. The van der Waals surface area contributed by atoms with Crippen molar-refractivity contribution in [1.29, 1.82) is 0 Å². The third kappa shape index (κ3) is 4.97. The number of hydrogen-bond acceptors (Lipinski definition) is 4. The summed E-state index contributed by atoms with van der Waals surface area (Å²) in [6.45, 7) is 1.16. The van der Waals surface area contributed by atoms with Crippen LogP contribution in [0.2, 0.25) is 5.02 Å². The smallest absolute Gasteiger partial charge is 0.294 e. The zero-order chi connectivity index (χ0) is 24.2. The molecule has 0 atom stereocenters. The minimum absolute atomic E-state index is 0.0762. The minimum atomic E-state index is -0.608. The first-order valence-electron chi connectivity index (χ1n) is 10.4. The van der Waals surface area contributed by atoms with Gasteiger partial charge in [-0.15, -0.1) is 0 Å². The largest absolute Gasteiger partial charge is 0.324 e. The number of rotatable bonds is 6. The maximum atomic E-state index is 13.5. The monoisotopic (exact) mass is 478 g/mol. The molecule has 0 aliphatic carbocycles. The molecule has 4 aromatic rings. The van der Waals surface area contributed by atoms with Crippen molar-refractivity contribution in [2.75, 3.05) is 10.2 Å². The normalized spacial score (nSPS) is 10.8. The summed E-state index contributed by atoms with van der Waals surface area (Å²) in [7, 11) is 0. The van der Waals surface area contributed by atoms with E-state index in [0.717, 1.165) is 11.6 Å². The number of carbonyl (C=O) groups is 2. The Balaban J connectivity index is 1.73. The van der Waals surface area contributed by atoms with Gasteiger partial charge in [0.1, 0.15) is 12.4 Å². The number of hydrogen-bond donors (Lipinski definition) is 1. The van der Waals surface area contributed by atoms with Crippen LogP contribution in [0.4, 0.5) is 15.9 Å². The molecule has 1 aromatic heterocycles. The van der Waals surface area contributed by atoms with E-state index in [9.17, 15) is 18.8 Å². The summed E-state index contributed by atoms with van der Waals surface area (Å²) in [4.78, 5) is 44.5. The molecule has 172 valence electrons. The van der Waals surface area contributed by atoms with Gasteiger partial charge in [-0.25, -0.2) is 9.37 Å². The zero-order valence-corrected chi connectivity index (χ0v) is 18.9. The Morgan fingerprint density at radius 1 is 1.06 bits per heavy atom. The van der Waals surface area contributed by atoms with Gasteiger partial charge >= 0.3 is 0 Å². The van der Waals surface area contributed by atoms with Gasteiger partial charge in [0.05, 0.1) is 22.6 Å². The summed E-state index contributed by atoms with van der Waals surface area (Å²) in [5, 5.41) is 2.48. The third-order valence-electron chi connectivity index (χ3n) is 5.16. The van der Waals surface area contributed by atoms with E-state index >= 15 is 0 Å². The van der Waals surface area contributed by atoms with Crippen LogP contribution in [0.5, 0.6) is 0 Å². The Hall–Kier alpha value is -4.04. The van der Waals surface area contributed by atoms with Gasteiger partial charge in [0.25, 0.3) is 5.56 Å². The number of fused-ring (bicyclic) bond motifs is 1. The molecule has 0 radical (unpaired) electrons. The van der Waals surface area contributed by atoms with E-state index in [4.69, 9.17) is 11.6 Å². The van der Waals surface area contributed by atoms with Crippen LogP contribution in [0.1, 0.15) is 12.5 Å². The van der Waals surface area contributed by atoms with Gasteiger partial charge in [0, 0.05) is 12.6 Å². The van der Waals surface area contributed by atoms with Crippen LogP contribution in [-0.4, -0.2) is 21.4 Å². The number of amides is 2. The molecule has 7 nitrogen and oxygen atoms in total. The van der Waals surface area contributed by atoms with Crippen molar-refractivity contribution in [3.05, 3.63) is 99.6 Å². The highest BCUT2D eigenvalue weighted by Gasteiger charge is 2.22. The second kappa shape index (κ2) is 9.84. The van der Waals surface area contributed by atoms with E-state index in [1.807, 2.05) is 30.3 Å². The average Bonchev–Trinajstić information content (AvgIpc) is 2.82. The lowest BCUT2D eigenvalue weighted by atomic mass is 10.2. The molecule has 0 aliphatic heterocycles. The van der Waals surface area contributed by atoms with Crippen LogP contribution in [0.3, 0.4) is 0 Å². The van der Waals surface area contributed by atoms with E-state index in [2.05, 4.69) is 10.3 Å². The third-order valence-corrected chi connectivity index (χ3v) is 5.45. The van der Waals surface area contributed by atoms with Gasteiger partial charge < -0.3 is 5.32 Å². The first kappa shape index (κ1) is 23.1. The van der Waals surface area contributed by atoms with Gasteiger partial charge in [0.15, 0.2) is 0 Å². The summed E-state index contributed by atoms with van der Waals surface area (Å²) in [6.07, 6.45) is 0. The molecule has 0 bridgehead atoms. The van der Waals surface area contributed by atoms with Gasteiger partial charge in [-0.1, -0.05) is 54.1 Å². The Bertz CT molecular complexity index is 1440. The van der Waals surface area contributed by atoms with Crippen LogP contribution in [0.25, 0.3) is 11.0 Å². The second-order valence-corrected chi connectivity index (χ2v) is 7.99. The number of carbonyl (C=O) groups excluding carboxylic acids is 2. The molecular formula is C25H20ClFN4O3. The Labute approximate surface area is 199 Å². The van der Waals surface area contributed by atoms with Gasteiger partial charge in [0.2, 0.25) is 17.6 Å². The predicted octanol–water partition coefficient (Wildman–Crippen LogP) is 4.38. The summed E-state index contributed by atoms with van der Waals surface area (Å²) >= 11 is 5.79. The van der Waals surface area contributed by atoms with Gasteiger partial charge in [-0.2, -0.15) is 0 Å². The lowest BCUT2D eigenvalue weighted by Gasteiger charge is -2.21. The number of aromatic nitrogens is 2. The number of anilines is 2. The summed E-state index contributed by atoms with van der Waals surface area (Å²) in [6, 6.07) is 19.9. The quantitative estimate of drug-likeness (QED) is 0.445. The molecule has 2 amide bonds. The van der Waals surface area contributed by atoms with Crippen molar-refractivity contribution < 1.29 is 14.0 Å².